The van der Waals surface area contributed by atoms with E-state index in [1.165, 1.54) is 4.90 Å². The molecule has 2 aromatic carbocycles. The lowest BCUT2D eigenvalue weighted by atomic mass is 9.98. The summed E-state index contributed by atoms with van der Waals surface area (Å²) in [5.41, 5.74) is 4.48. The van der Waals surface area contributed by atoms with Gasteiger partial charge >= 0.3 is 12.1 Å². The second-order valence-corrected chi connectivity index (χ2v) is 9.03. The van der Waals surface area contributed by atoms with Crippen molar-refractivity contribution >= 4 is 18.0 Å². The number of rotatable bonds is 6. The second kappa shape index (κ2) is 9.10. The maximum absolute atomic E-state index is 13.3. The monoisotopic (exact) mass is 464 g/mol. The highest BCUT2D eigenvalue weighted by atomic mass is 16.5. The number of nitrogens with zero attached hydrogens (tertiary/aromatic N) is 1. The molecule has 1 unspecified atom stereocenters. The number of hydrogen-bond donors (Lipinski definition) is 2. The molecule has 3 aliphatic rings. The van der Waals surface area contributed by atoms with Crippen LogP contribution >= 0.6 is 0 Å². The van der Waals surface area contributed by atoms with Crippen LogP contribution in [0.2, 0.25) is 0 Å². The van der Waals surface area contributed by atoms with Crippen LogP contribution in [0.1, 0.15) is 43.2 Å². The van der Waals surface area contributed by atoms with Gasteiger partial charge in [-0.05, 0) is 35.1 Å². The average Bonchev–Trinajstić information content (AvgIpc) is 3.52. The second-order valence-electron chi connectivity index (χ2n) is 9.03. The molecule has 8 heteroatoms. The number of fused-ring (bicyclic) bond motifs is 4. The third kappa shape index (κ3) is 3.81. The molecule has 2 aliphatic heterocycles. The van der Waals surface area contributed by atoms with Gasteiger partial charge in [-0.1, -0.05) is 55.5 Å². The summed E-state index contributed by atoms with van der Waals surface area (Å²) in [6.07, 6.45) is 0.239. The quantitative estimate of drug-likeness (QED) is 0.681. The van der Waals surface area contributed by atoms with Crippen molar-refractivity contribution in [2.75, 3.05) is 13.2 Å². The van der Waals surface area contributed by atoms with Gasteiger partial charge in [0, 0.05) is 18.9 Å². The van der Waals surface area contributed by atoms with Gasteiger partial charge in [0.25, 0.3) is 0 Å². The number of carbonyl (C=O) groups is 3. The highest BCUT2D eigenvalue weighted by Crippen LogP contribution is 2.44. The molecule has 5 rings (SSSR count). The summed E-state index contributed by atoms with van der Waals surface area (Å²) in [5.74, 6) is -1.54. The SMILES string of the molecule is CC[C@@H](NC(=O)OCC1c2ccccc2-c2ccccc21)C(=O)N1C(C(=O)O)C[C@@H]2OCC[C@@H]21. The first-order valence-corrected chi connectivity index (χ1v) is 11.8. The van der Waals surface area contributed by atoms with Gasteiger partial charge in [-0.15, -0.1) is 0 Å². The van der Waals surface area contributed by atoms with E-state index in [4.69, 9.17) is 9.47 Å². The Morgan fingerprint density at radius 3 is 2.38 bits per heavy atom. The van der Waals surface area contributed by atoms with E-state index >= 15 is 0 Å². The van der Waals surface area contributed by atoms with Crippen molar-refractivity contribution in [2.24, 2.45) is 0 Å². The molecule has 1 aliphatic carbocycles. The molecule has 8 nitrogen and oxygen atoms in total. The molecule has 0 saturated carbocycles. The lowest BCUT2D eigenvalue weighted by Gasteiger charge is -2.30. The third-order valence-electron chi connectivity index (χ3n) is 7.20. The highest BCUT2D eigenvalue weighted by molar-refractivity contribution is 5.90. The van der Waals surface area contributed by atoms with Crippen molar-refractivity contribution in [1.82, 2.24) is 10.2 Å². The first kappa shape index (κ1) is 22.4. The van der Waals surface area contributed by atoms with Crippen LogP contribution < -0.4 is 5.32 Å². The van der Waals surface area contributed by atoms with Crippen LogP contribution in [0.4, 0.5) is 4.79 Å². The van der Waals surface area contributed by atoms with Crippen LogP contribution in [0, 0.1) is 0 Å². The van der Waals surface area contributed by atoms with E-state index in [0.717, 1.165) is 22.3 Å². The maximum Gasteiger partial charge on any atom is 0.407 e. The van der Waals surface area contributed by atoms with Crippen molar-refractivity contribution < 1.29 is 29.0 Å². The Kier molecular flexibility index (Phi) is 6.00. The van der Waals surface area contributed by atoms with Crippen LogP contribution in [-0.4, -0.2) is 65.4 Å². The predicted molar refractivity (Wildman–Crippen MR) is 123 cm³/mol. The van der Waals surface area contributed by atoms with Crippen LogP contribution in [0.25, 0.3) is 11.1 Å². The number of carboxylic acid groups (broad SMARTS) is 1. The van der Waals surface area contributed by atoms with Crippen LogP contribution in [0.15, 0.2) is 48.5 Å². The average molecular weight is 465 g/mol. The van der Waals surface area contributed by atoms with E-state index in [0.29, 0.717) is 19.4 Å². The zero-order valence-electron chi connectivity index (χ0n) is 19.0. The van der Waals surface area contributed by atoms with E-state index in [2.05, 4.69) is 17.4 Å². The van der Waals surface area contributed by atoms with Gasteiger partial charge in [0.15, 0.2) is 0 Å². The minimum absolute atomic E-state index is 0.0831. The minimum atomic E-state index is -1.05. The normalized spacial score (nSPS) is 23.7. The fourth-order valence-corrected chi connectivity index (χ4v) is 5.58. The molecule has 0 aromatic heterocycles. The summed E-state index contributed by atoms with van der Waals surface area (Å²) < 4.78 is 11.2. The number of aliphatic carboxylic acids is 1. The lowest BCUT2D eigenvalue weighted by molar-refractivity contribution is -0.150. The van der Waals surface area contributed by atoms with Gasteiger partial charge in [-0.25, -0.2) is 9.59 Å². The molecule has 0 bridgehead atoms. The Hall–Kier alpha value is -3.39. The molecular formula is C26H28N2O6. The van der Waals surface area contributed by atoms with Gasteiger partial charge in [0.05, 0.1) is 12.1 Å². The van der Waals surface area contributed by atoms with Gasteiger partial charge in [-0.3, -0.25) is 4.79 Å². The molecule has 0 spiro atoms. The van der Waals surface area contributed by atoms with Gasteiger partial charge in [-0.2, -0.15) is 0 Å². The van der Waals surface area contributed by atoms with Crippen molar-refractivity contribution in [3.8, 4) is 11.1 Å². The summed E-state index contributed by atoms with van der Waals surface area (Å²) in [4.78, 5) is 39.2. The van der Waals surface area contributed by atoms with Crippen molar-refractivity contribution in [3.05, 3.63) is 59.7 Å². The number of amides is 2. The molecule has 4 atom stereocenters. The summed E-state index contributed by atoms with van der Waals surface area (Å²) in [6.45, 7) is 2.42. The van der Waals surface area contributed by atoms with Crippen molar-refractivity contribution in [1.29, 1.82) is 0 Å². The predicted octanol–water partition coefficient (Wildman–Crippen LogP) is 3.15. The fourth-order valence-electron chi connectivity index (χ4n) is 5.58. The molecule has 2 aromatic rings. The molecule has 0 radical (unpaired) electrons. The van der Waals surface area contributed by atoms with E-state index in [-0.39, 0.29) is 31.1 Å². The number of hydrogen-bond acceptors (Lipinski definition) is 5. The van der Waals surface area contributed by atoms with E-state index in [9.17, 15) is 19.5 Å². The largest absolute Gasteiger partial charge is 0.480 e. The van der Waals surface area contributed by atoms with Crippen molar-refractivity contribution in [2.45, 2.75) is 56.3 Å². The number of likely N-dealkylation sites (tertiary alicyclic amines) is 1. The summed E-state index contributed by atoms with van der Waals surface area (Å²) in [7, 11) is 0. The summed E-state index contributed by atoms with van der Waals surface area (Å²) in [5, 5.41) is 12.3. The number of nitrogens with one attached hydrogen (secondary N) is 1. The Balaban J connectivity index is 1.26. The Bertz CT molecular complexity index is 1070. The minimum Gasteiger partial charge on any atom is -0.480 e. The number of alkyl carbamates (subject to hydrolysis) is 1. The molecule has 2 heterocycles. The first-order chi connectivity index (χ1) is 16.5. The zero-order chi connectivity index (χ0) is 23.8. The standard InChI is InChI=1S/C26H28N2O6/c1-2-20(24(29)28-21-11-12-33-23(21)13-22(28)25(30)31)27-26(32)34-14-19-17-9-5-3-7-15(17)16-8-4-6-10-18(16)19/h3-10,19-23H,2,11-14H2,1H3,(H,27,32)(H,30,31)/t20-,21+,22?,23+/m1/s1. The molecule has 2 amide bonds. The Morgan fingerprint density at radius 1 is 1.12 bits per heavy atom. The maximum atomic E-state index is 13.3. The van der Waals surface area contributed by atoms with Crippen LogP contribution in [0.3, 0.4) is 0 Å². The molecule has 2 fully saturated rings. The van der Waals surface area contributed by atoms with Crippen molar-refractivity contribution in [3.63, 3.8) is 0 Å². The smallest absolute Gasteiger partial charge is 0.407 e. The van der Waals surface area contributed by atoms with Crippen LogP contribution in [-0.2, 0) is 19.1 Å². The lowest BCUT2D eigenvalue weighted by Crippen LogP contribution is -2.54. The highest BCUT2D eigenvalue weighted by Gasteiger charge is 2.51. The number of benzene rings is 2. The molecule has 2 N–H and O–H groups in total. The Morgan fingerprint density at radius 2 is 1.76 bits per heavy atom. The van der Waals surface area contributed by atoms with E-state index in [1.54, 1.807) is 6.92 Å². The van der Waals surface area contributed by atoms with E-state index < -0.39 is 30.1 Å². The third-order valence-corrected chi connectivity index (χ3v) is 7.20. The summed E-state index contributed by atoms with van der Waals surface area (Å²) in [6, 6.07) is 14.1. The first-order valence-electron chi connectivity index (χ1n) is 11.8. The van der Waals surface area contributed by atoms with Gasteiger partial charge < -0.3 is 24.8 Å². The topological polar surface area (TPSA) is 105 Å². The van der Waals surface area contributed by atoms with E-state index in [1.807, 2.05) is 36.4 Å². The Labute approximate surface area is 197 Å². The molecular weight excluding hydrogens is 436 g/mol. The summed E-state index contributed by atoms with van der Waals surface area (Å²) >= 11 is 0. The molecule has 178 valence electrons. The molecule has 2 saturated heterocycles. The zero-order valence-corrected chi connectivity index (χ0v) is 19.0. The number of carbonyl (C=O) groups excluding carboxylic acids is 2. The number of carboxylic acids is 1. The molecule has 34 heavy (non-hydrogen) atoms. The fraction of sp³-hybridized carbons (Fsp3) is 0.423. The van der Waals surface area contributed by atoms with Crippen LogP contribution in [0.5, 0.6) is 0 Å². The van der Waals surface area contributed by atoms with Gasteiger partial charge in [0.2, 0.25) is 5.91 Å². The van der Waals surface area contributed by atoms with Gasteiger partial charge in [0.1, 0.15) is 18.7 Å². The number of ether oxygens (including phenoxy) is 2.